The summed E-state index contributed by atoms with van der Waals surface area (Å²) < 4.78 is 10.5. The van der Waals surface area contributed by atoms with E-state index in [1.807, 2.05) is 6.92 Å². The van der Waals surface area contributed by atoms with E-state index in [-0.39, 0.29) is 0 Å². The Morgan fingerprint density at radius 3 is 2.78 bits per heavy atom. The van der Waals surface area contributed by atoms with Crippen molar-refractivity contribution in [3.8, 4) is 5.75 Å². The molecule has 2 aromatic carbocycles. The predicted octanol–water partition coefficient (Wildman–Crippen LogP) is 3.72. The molecule has 2 N–H and O–H groups in total. The highest BCUT2D eigenvalue weighted by molar-refractivity contribution is 6.31. The van der Waals surface area contributed by atoms with E-state index in [2.05, 4.69) is 15.5 Å². The van der Waals surface area contributed by atoms with Crippen molar-refractivity contribution in [2.24, 2.45) is 0 Å². The predicted molar refractivity (Wildman–Crippen MR) is 102 cm³/mol. The highest BCUT2D eigenvalue weighted by Crippen LogP contribution is 2.31. The van der Waals surface area contributed by atoms with E-state index >= 15 is 0 Å². The Balaban J connectivity index is 1.70. The fourth-order valence-corrected chi connectivity index (χ4v) is 2.66. The third-order valence-electron chi connectivity index (χ3n) is 4.07. The van der Waals surface area contributed by atoms with Crippen LogP contribution in [-0.4, -0.2) is 35.3 Å². The molecule has 0 saturated heterocycles. The average Bonchev–Trinajstić information content (AvgIpc) is 3.12. The third-order valence-corrected chi connectivity index (χ3v) is 4.48. The van der Waals surface area contributed by atoms with Gasteiger partial charge in [0, 0.05) is 16.5 Å². The Kier molecular flexibility index (Phi) is 5.32. The zero-order chi connectivity index (χ0) is 19.6. The zero-order valence-electron chi connectivity index (χ0n) is 15.0. The molecule has 0 aliphatic heterocycles. The summed E-state index contributed by atoms with van der Waals surface area (Å²) in [6, 6.07) is 8.31. The molecule has 0 aliphatic rings. The van der Waals surface area contributed by atoms with E-state index in [0.717, 1.165) is 10.9 Å². The number of fused-ring (bicyclic) bond motifs is 1. The van der Waals surface area contributed by atoms with Crippen LogP contribution in [0.3, 0.4) is 0 Å². The maximum absolute atomic E-state index is 12.4. The third kappa shape index (κ3) is 4.03. The summed E-state index contributed by atoms with van der Waals surface area (Å²) in [5, 5.41) is 10.8. The lowest BCUT2D eigenvalue weighted by Crippen LogP contribution is -2.30. The van der Waals surface area contributed by atoms with Gasteiger partial charge in [0.2, 0.25) is 0 Å². The van der Waals surface area contributed by atoms with Gasteiger partial charge in [-0.15, -0.1) is 0 Å². The molecule has 3 aromatic rings. The number of nitrogens with zero attached hydrogens (tertiary/aromatic N) is 1. The quantitative estimate of drug-likeness (QED) is 0.651. The molecular weight excluding hydrogens is 370 g/mol. The maximum Gasteiger partial charge on any atom is 0.338 e. The second-order valence-electron chi connectivity index (χ2n) is 6.01. The number of amides is 1. The summed E-state index contributed by atoms with van der Waals surface area (Å²) in [5.74, 6) is -0.665. The summed E-state index contributed by atoms with van der Waals surface area (Å²) >= 11 is 6.06. The number of nitrogens with one attached hydrogen (secondary N) is 2. The molecule has 1 atom stereocenters. The van der Waals surface area contributed by atoms with Crippen LogP contribution in [-0.2, 0) is 9.53 Å². The molecule has 140 valence electrons. The summed E-state index contributed by atoms with van der Waals surface area (Å²) in [6.07, 6.45) is 0.651. The number of anilines is 1. The number of rotatable bonds is 5. The number of hydrogen-bond donors (Lipinski definition) is 2. The van der Waals surface area contributed by atoms with Crippen molar-refractivity contribution in [1.82, 2.24) is 10.2 Å². The fourth-order valence-electron chi connectivity index (χ4n) is 2.51. The number of methoxy groups -OCH3 is 1. The summed E-state index contributed by atoms with van der Waals surface area (Å²) in [4.78, 5) is 24.7. The number of aromatic amines is 1. The Bertz CT molecular complexity index is 1020. The average molecular weight is 388 g/mol. The molecule has 0 radical (unpaired) electrons. The SMILES string of the molecule is COc1cc(Cl)c(C)cc1NC(=O)[C@H](C)OC(=O)c1ccc2cn[nH]c2c1. The molecule has 0 saturated carbocycles. The van der Waals surface area contributed by atoms with Crippen LogP contribution < -0.4 is 10.1 Å². The van der Waals surface area contributed by atoms with Gasteiger partial charge in [-0.25, -0.2) is 4.79 Å². The van der Waals surface area contributed by atoms with Crippen LogP contribution in [0.5, 0.6) is 5.75 Å². The van der Waals surface area contributed by atoms with Crippen molar-refractivity contribution in [2.45, 2.75) is 20.0 Å². The van der Waals surface area contributed by atoms with Crippen LogP contribution in [0.1, 0.15) is 22.8 Å². The topological polar surface area (TPSA) is 93.3 Å². The summed E-state index contributed by atoms with van der Waals surface area (Å²) in [5.41, 5.74) is 2.27. The molecule has 8 heteroatoms. The van der Waals surface area contributed by atoms with Gasteiger partial charge in [-0.1, -0.05) is 17.7 Å². The van der Waals surface area contributed by atoms with Crippen molar-refractivity contribution in [3.05, 3.63) is 52.7 Å². The van der Waals surface area contributed by atoms with Gasteiger partial charge >= 0.3 is 5.97 Å². The summed E-state index contributed by atoms with van der Waals surface area (Å²) in [7, 11) is 1.48. The normalized spacial score (nSPS) is 11.9. The van der Waals surface area contributed by atoms with E-state index < -0.39 is 18.0 Å². The van der Waals surface area contributed by atoms with Gasteiger partial charge in [0.05, 0.1) is 30.1 Å². The molecule has 0 spiro atoms. The molecule has 0 bridgehead atoms. The largest absolute Gasteiger partial charge is 0.495 e. The van der Waals surface area contributed by atoms with Crippen molar-refractivity contribution >= 4 is 40.1 Å². The highest BCUT2D eigenvalue weighted by atomic mass is 35.5. The van der Waals surface area contributed by atoms with Gasteiger partial charge in [0.1, 0.15) is 5.75 Å². The molecule has 1 aromatic heterocycles. The van der Waals surface area contributed by atoms with Crippen molar-refractivity contribution < 1.29 is 19.1 Å². The number of carbonyl (C=O) groups is 2. The van der Waals surface area contributed by atoms with Crippen molar-refractivity contribution in [3.63, 3.8) is 0 Å². The number of benzene rings is 2. The first kappa shape index (κ1) is 18.7. The van der Waals surface area contributed by atoms with Crippen LogP contribution >= 0.6 is 11.6 Å². The molecule has 1 amide bonds. The molecule has 0 aliphatic carbocycles. The van der Waals surface area contributed by atoms with Crippen LogP contribution in [0, 0.1) is 6.92 Å². The molecule has 1 heterocycles. The van der Waals surface area contributed by atoms with Gasteiger partial charge < -0.3 is 14.8 Å². The highest BCUT2D eigenvalue weighted by Gasteiger charge is 2.21. The number of aromatic nitrogens is 2. The minimum Gasteiger partial charge on any atom is -0.495 e. The Hall–Kier alpha value is -3.06. The molecular formula is C19H18ClN3O4. The maximum atomic E-state index is 12.4. The van der Waals surface area contributed by atoms with E-state index in [0.29, 0.717) is 27.5 Å². The molecule has 3 rings (SSSR count). The Morgan fingerprint density at radius 2 is 2.04 bits per heavy atom. The summed E-state index contributed by atoms with van der Waals surface area (Å²) in [6.45, 7) is 3.31. The number of esters is 1. The second-order valence-corrected chi connectivity index (χ2v) is 6.42. The van der Waals surface area contributed by atoms with Gasteiger partial charge in [0.15, 0.2) is 6.10 Å². The van der Waals surface area contributed by atoms with Crippen molar-refractivity contribution in [2.75, 3.05) is 12.4 Å². The minimum atomic E-state index is -1.00. The fraction of sp³-hybridized carbons (Fsp3) is 0.211. The first-order chi connectivity index (χ1) is 12.9. The van der Waals surface area contributed by atoms with E-state index in [1.54, 1.807) is 36.5 Å². The first-order valence-corrected chi connectivity index (χ1v) is 8.56. The van der Waals surface area contributed by atoms with Crippen LogP contribution in [0.15, 0.2) is 36.5 Å². The lowest BCUT2D eigenvalue weighted by molar-refractivity contribution is -0.123. The van der Waals surface area contributed by atoms with E-state index in [4.69, 9.17) is 21.1 Å². The lowest BCUT2D eigenvalue weighted by atomic mass is 10.1. The smallest absolute Gasteiger partial charge is 0.338 e. The molecule has 7 nitrogen and oxygen atoms in total. The zero-order valence-corrected chi connectivity index (χ0v) is 15.8. The number of hydrogen-bond acceptors (Lipinski definition) is 5. The van der Waals surface area contributed by atoms with Gasteiger partial charge in [-0.2, -0.15) is 5.10 Å². The minimum absolute atomic E-state index is 0.325. The van der Waals surface area contributed by atoms with Gasteiger partial charge in [-0.3, -0.25) is 9.89 Å². The standard InChI is InChI=1S/C19H18ClN3O4/c1-10-6-16(17(26-3)8-14(10)20)22-18(24)11(2)27-19(25)12-4-5-13-9-21-23-15(13)7-12/h4-9,11H,1-3H3,(H,21,23)(H,22,24)/t11-/m0/s1. The molecule has 0 fully saturated rings. The number of aryl methyl sites for hydroxylation is 1. The monoisotopic (exact) mass is 387 g/mol. The lowest BCUT2D eigenvalue weighted by Gasteiger charge is -2.16. The Labute approximate surface area is 160 Å². The number of H-pyrrole nitrogens is 1. The molecule has 0 unspecified atom stereocenters. The number of halogens is 1. The second kappa shape index (κ2) is 7.67. The number of ether oxygens (including phenoxy) is 2. The van der Waals surface area contributed by atoms with E-state index in [9.17, 15) is 9.59 Å². The number of carbonyl (C=O) groups excluding carboxylic acids is 2. The molecule has 27 heavy (non-hydrogen) atoms. The van der Waals surface area contributed by atoms with E-state index in [1.165, 1.54) is 14.0 Å². The van der Waals surface area contributed by atoms with Crippen molar-refractivity contribution in [1.29, 1.82) is 0 Å². The van der Waals surface area contributed by atoms with Crippen LogP contribution in [0.4, 0.5) is 5.69 Å². The van der Waals surface area contributed by atoms with Crippen LogP contribution in [0.2, 0.25) is 5.02 Å². The first-order valence-electron chi connectivity index (χ1n) is 8.18. The van der Waals surface area contributed by atoms with Crippen LogP contribution in [0.25, 0.3) is 10.9 Å². The van der Waals surface area contributed by atoms with Gasteiger partial charge in [-0.05, 0) is 37.6 Å². The Morgan fingerprint density at radius 1 is 1.26 bits per heavy atom. The van der Waals surface area contributed by atoms with Gasteiger partial charge in [0.25, 0.3) is 5.91 Å².